The first-order chi connectivity index (χ1) is 37.5. The van der Waals surface area contributed by atoms with Crippen LogP contribution < -0.4 is 0 Å². The molecule has 0 spiro atoms. The summed E-state index contributed by atoms with van der Waals surface area (Å²) >= 11 is 0. The van der Waals surface area contributed by atoms with Crippen molar-refractivity contribution in [1.82, 2.24) is 0 Å². The van der Waals surface area contributed by atoms with Gasteiger partial charge in [0.05, 0.1) is 0 Å². The van der Waals surface area contributed by atoms with E-state index in [2.05, 4.69) is 57.2 Å². The first-order valence-electron chi connectivity index (χ1n) is 34.0. The smallest absolute Gasteiger partial charge is 0.306 e. The summed E-state index contributed by atoms with van der Waals surface area (Å²) in [5.41, 5.74) is 0. The van der Waals surface area contributed by atoms with Gasteiger partial charge in [-0.3, -0.25) is 14.4 Å². The lowest BCUT2D eigenvalue weighted by molar-refractivity contribution is -0.167. The molecule has 0 N–H and O–H groups in total. The topological polar surface area (TPSA) is 78.9 Å². The third-order valence-corrected chi connectivity index (χ3v) is 15.4. The zero-order chi connectivity index (χ0) is 55.0. The van der Waals surface area contributed by atoms with Gasteiger partial charge in [0.1, 0.15) is 13.2 Å². The van der Waals surface area contributed by atoms with Gasteiger partial charge < -0.3 is 14.2 Å². The summed E-state index contributed by atoms with van der Waals surface area (Å²) in [5.74, 6) is -0.882. The minimum absolute atomic E-state index is 0.0741. The highest BCUT2D eigenvalue weighted by Gasteiger charge is 2.19. The highest BCUT2D eigenvalue weighted by atomic mass is 16.6. The molecule has 0 amide bonds. The van der Waals surface area contributed by atoms with Gasteiger partial charge in [-0.25, -0.2) is 0 Å². The van der Waals surface area contributed by atoms with Crippen LogP contribution in [-0.4, -0.2) is 37.2 Å². The van der Waals surface area contributed by atoms with Crippen LogP contribution in [0.1, 0.15) is 374 Å². The largest absolute Gasteiger partial charge is 0.462 e. The monoisotopic (exact) mass is 1070 g/mol. The fourth-order valence-electron chi connectivity index (χ4n) is 10.3. The van der Waals surface area contributed by atoms with Crippen molar-refractivity contribution in [3.63, 3.8) is 0 Å². The molecule has 0 heterocycles. The minimum atomic E-state index is -0.774. The van der Waals surface area contributed by atoms with E-state index in [1.165, 1.54) is 250 Å². The molecule has 0 aliphatic rings. The Morgan fingerprint density at radius 1 is 0.263 bits per heavy atom. The summed E-state index contributed by atoms with van der Waals surface area (Å²) in [4.78, 5) is 37.9. The first kappa shape index (κ1) is 73.6. The Bertz CT molecular complexity index is 1270. The maximum atomic E-state index is 12.8. The third-order valence-electron chi connectivity index (χ3n) is 15.4. The fourth-order valence-corrected chi connectivity index (χ4v) is 10.3. The molecule has 446 valence electrons. The number of allylic oxidation sites excluding steroid dienone is 6. The average molecular weight is 1070 g/mol. The van der Waals surface area contributed by atoms with E-state index in [-0.39, 0.29) is 31.1 Å². The molecule has 0 saturated heterocycles. The lowest BCUT2D eigenvalue weighted by atomic mass is 10.0. The minimum Gasteiger partial charge on any atom is -0.462 e. The summed E-state index contributed by atoms with van der Waals surface area (Å²) in [6.07, 6.45) is 81.0. The van der Waals surface area contributed by atoms with Crippen LogP contribution in [0.4, 0.5) is 0 Å². The van der Waals surface area contributed by atoms with Gasteiger partial charge in [0.2, 0.25) is 0 Å². The van der Waals surface area contributed by atoms with Crippen LogP contribution in [0.25, 0.3) is 0 Å². The van der Waals surface area contributed by atoms with E-state index in [4.69, 9.17) is 14.2 Å². The SMILES string of the molecule is CCCCC/C=C\C/C=C\C/C=C\CCCCCCCCC(=O)OC(COC(=O)CCCCCCC)COC(=O)CCCCCCCCCCCCCCCCCCCCCCCCCCCCCCCCCCCC. The summed E-state index contributed by atoms with van der Waals surface area (Å²) < 4.78 is 16.8. The number of hydrogen-bond acceptors (Lipinski definition) is 6. The molecule has 1 atom stereocenters. The Balaban J connectivity index is 3.88. The summed E-state index contributed by atoms with van der Waals surface area (Å²) in [7, 11) is 0. The lowest BCUT2D eigenvalue weighted by Gasteiger charge is -2.18. The molecule has 0 rings (SSSR count). The predicted molar refractivity (Wildman–Crippen MR) is 330 cm³/mol. The van der Waals surface area contributed by atoms with Crippen molar-refractivity contribution in [2.24, 2.45) is 0 Å². The number of hydrogen-bond donors (Lipinski definition) is 0. The molecule has 0 aliphatic heterocycles. The number of ether oxygens (including phenoxy) is 3. The Hall–Kier alpha value is -2.37. The van der Waals surface area contributed by atoms with E-state index in [9.17, 15) is 14.4 Å². The van der Waals surface area contributed by atoms with Gasteiger partial charge in [0.25, 0.3) is 0 Å². The molecule has 0 aromatic carbocycles. The van der Waals surface area contributed by atoms with E-state index in [0.29, 0.717) is 19.3 Å². The molecule has 0 radical (unpaired) electrons. The Labute approximate surface area is 474 Å². The van der Waals surface area contributed by atoms with Gasteiger partial charge in [-0.1, -0.05) is 333 Å². The van der Waals surface area contributed by atoms with Gasteiger partial charge in [0.15, 0.2) is 6.10 Å². The van der Waals surface area contributed by atoms with Gasteiger partial charge in [0, 0.05) is 19.3 Å². The van der Waals surface area contributed by atoms with Crippen molar-refractivity contribution in [2.75, 3.05) is 13.2 Å². The Morgan fingerprint density at radius 2 is 0.474 bits per heavy atom. The van der Waals surface area contributed by atoms with Crippen molar-refractivity contribution < 1.29 is 28.6 Å². The normalized spacial score (nSPS) is 12.2. The second-order valence-electron chi connectivity index (χ2n) is 23.1. The van der Waals surface area contributed by atoms with E-state index < -0.39 is 6.10 Å². The molecule has 6 heteroatoms. The molecule has 76 heavy (non-hydrogen) atoms. The second kappa shape index (κ2) is 65.2. The average Bonchev–Trinajstić information content (AvgIpc) is 3.42. The van der Waals surface area contributed by atoms with E-state index >= 15 is 0 Å². The molecular formula is C70H130O6. The van der Waals surface area contributed by atoms with Crippen LogP contribution >= 0.6 is 0 Å². The maximum Gasteiger partial charge on any atom is 0.306 e. The fraction of sp³-hybridized carbons (Fsp3) is 0.871. The zero-order valence-electron chi connectivity index (χ0n) is 51.3. The summed E-state index contributed by atoms with van der Waals surface area (Å²) in [6.45, 7) is 6.57. The number of carbonyl (C=O) groups excluding carboxylic acids is 3. The van der Waals surface area contributed by atoms with E-state index in [0.717, 1.165) is 83.5 Å². The quantitative estimate of drug-likeness (QED) is 0.0261. The molecule has 0 bridgehead atoms. The Morgan fingerprint density at radius 3 is 0.763 bits per heavy atom. The van der Waals surface area contributed by atoms with Crippen LogP contribution in [0.3, 0.4) is 0 Å². The standard InChI is InChI=1S/C70H130O6/c1-4-7-10-13-15-17-19-21-23-25-27-28-29-30-31-32-33-34-35-36-37-38-39-40-41-43-44-46-48-50-52-54-57-60-63-69(72)75-66-67(65-74-68(71)62-59-56-12-9-6-3)76-70(73)64-61-58-55-53-51-49-47-45-42-26-24-22-20-18-16-14-11-8-5-2/h16,18,22,24,42,45,67H,4-15,17,19-21,23,25-41,43-44,46-66H2,1-3H3/b18-16-,24-22-,45-42-. The molecule has 0 aliphatic carbocycles. The van der Waals surface area contributed by atoms with Gasteiger partial charge in [-0.2, -0.15) is 0 Å². The van der Waals surface area contributed by atoms with E-state index in [1.54, 1.807) is 0 Å². The predicted octanol–water partition coefficient (Wildman–Crippen LogP) is 23.2. The molecule has 0 aromatic rings. The first-order valence-corrected chi connectivity index (χ1v) is 34.0. The number of carbonyl (C=O) groups is 3. The van der Waals surface area contributed by atoms with Crippen molar-refractivity contribution in [3.05, 3.63) is 36.5 Å². The van der Waals surface area contributed by atoms with Gasteiger partial charge in [-0.05, 0) is 57.8 Å². The molecule has 0 aromatic heterocycles. The maximum absolute atomic E-state index is 12.8. The third kappa shape index (κ3) is 62.5. The van der Waals surface area contributed by atoms with Crippen LogP contribution in [0.15, 0.2) is 36.5 Å². The Kier molecular flexibility index (Phi) is 63.1. The molecule has 6 nitrogen and oxygen atoms in total. The number of rotatable bonds is 63. The lowest BCUT2D eigenvalue weighted by Crippen LogP contribution is -2.30. The van der Waals surface area contributed by atoms with Crippen molar-refractivity contribution in [1.29, 1.82) is 0 Å². The van der Waals surface area contributed by atoms with Gasteiger partial charge >= 0.3 is 17.9 Å². The molecule has 1 unspecified atom stereocenters. The van der Waals surface area contributed by atoms with Crippen LogP contribution in [0.5, 0.6) is 0 Å². The number of unbranched alkanes of at least 4 members (excludes halogenated alkanes) is 46. The highest BCUT2D eigenvalue weighted by Crippen LogP contribution is 2.18. The molecular weight excluding hydrogens is 937 g/mol. The van der Waals surface area contributed by atoms with E-state index in [1.807, 2.05) is 0 Å². The molecule has 0 fully saturated rings. The van der Waals surface area contributed by atoms with Crippen molar-refractivity contribution in [2.45, 2.75) is 380 Å². The van der Waals surface area contributed by atoms with Crippen molar-refractivity contribution in [3.8, 4) is 0 Å². The summed E-state index contributed by atoms with van der Waals surface area (Å²) in [6, 6.07) is 0. The summed E-state index contributed by atoms with van der Waals surface area (Å²) in [5, 5.41) is 0. The number of esters is 3. The molecule has 0 saturated carbocycles. The van der Waals surface area contributed by atoms with Crippen LogP contribution in [-0.2, 0) is 28.6 Å². The van der Waals surface area contributed by atoms with Crippen molar-refractivity contribution >= 4 is 17.9 Å². The van der Waals surface area contributed by atoms with Crippen LogP contribution in [0, 0.1) is 0 Å². The van der Waals surface area contributed by atoms with Crippen LogP contribution in [0.2, 0.25) is 0 Å². The zero-order valence-corrected chi connectivity index (χ0v) is 51.3. The second-order valence-corrected chi connectivity index (χ2v) is 23.1. The highest BCUT2D eigenvalue weighted by molar-refractivity contribution is 5.71. The van der Waals surface area contributed by atoms with Gasteiger partial charge in [-0.15, -0.1) is 0 Å².